The molecule has 88 valence electrons. The normalized spacial score (nSPS) is 12.1. The highest BCUT2D eigenvalue weighted by Crippen LogP contribution is 2.18. The molecule has 2 aromatic rings. The predicted octanol–water partition coefficient (Wildman–Crippen LogP) is 3.85. The molecule has 0 bridgehead atoms. The van der Waals surface area contributed by atoms with Gasteiger partial charge in [-0.25, -0.2) is 8.42 Å². The highest BCUT2D eigenvalue weighted by molar-refractivity contribution is 7.94. The van der Waals surface area contributed by atoms with Gasteiger partial charge in [-0.3, -0.25) is 0 Å². The van der Waals surface area contributed by atoms with Gasteiger partial charge >= 0.3 is 0 Å². The first-order valence-electron chi connectivity index (χ1n) is 4.80. The summed E-state index contributed by atoms with van der Waals surface area (Å²) in [5, 5.41) is 3.63. The fourth-order valence-electron chi connectivity index (χ4n) is 1.25. The molecule has 17 heavy (non-hydrogen) atoms. The predicted molar refractivity (Wildman–Crippen MR) is 72.0 cm³/mol. The number of halogens is 1. The molecule has 0 fully saturated rings. The van der Waals surface area contributed by atoms with Gasteiger partial charge in [-0.05, 0) is 41.8 Å². The van der Waals surface area contributed by atoms with E-state index in [-0.39, 0.29) is 4.90 Å². The summed E-state index contributed by atoms with van der Waals surface area (Å²) in [5.41, 5.74) is 0. The Morgan fingerprint density at radius 2 is 1.82 bits per heavy atom. The maximum atomic E-state index is 11.9. The minimum absolute atomic E-state index is 0.245. The first-order valence-corrected chi connectivity index (χ1v) is 7.60. The third-order valence-electron chi connectivity index (χ3n) is 2.10. The van der Waals surface area contributed by atoms with Crippen LogP contribution >= 0.6 is 22.9 Å². The quantitative estimate of drug-likeness (QED) is 0.858. The molecule has 1 aromatic heterocycles. The molecule has 1 heterocycles. The third kappa shape index (κ3) is 3.19. The van der Waals surface area contributed by atoms with E-state index in [1.54, 1.807) is 18.2 Å². The van der Waals surface area contributed by atoms with Crippen LogP contribution < -0.4 is 0 Å². The first kappa shape index (κ1) is 12.4. The fourth-order valence-corrected chi connectivity index (χ4v) is 3.07. The molecule has 0 amide bonds. The Bertz CT molecular complexity index is 611. The van der Waals surface area contributed by atoms with Crippen molar-refractivity contribution < 1.29 is 8.42 Å². The number of benzene rings is 1. The highest BCUT2D eigenvalue weighted by Gasteiger charge is 2.09. The van der Waals surface area contributed by atoms with E-state index in [4.69, 9.17) is 11.6 Å². The lowest BCUT2D eigenvalue weighted by Crippen LogP contribution is -1.95. The SMILES string of the molecule is O=S(=O)(C=Cc1cccs1)c1ccc(Cl)cc1. The van der Waals surface area contributed by atoms with Crippen LogP contribution in [0.1, 0.15) is 4.88 Å². The summed E-state index contributed by atoms with van der Waals surface area (Å²) >= 11 is 7.20. The van der Waals surface area contributed by atoms with E-state index < -0.39 is 9.84 Å². The second-order valence-electron chi connectivity index (χ2n) is 3.32. The van der Waals surface area contributed by atoms with Gasteiger partial charge in [0.15, 0.2) is 9.84 Å². The van der Waals surface area contributed by atoms with Crippen molar-refractivity contribution in [1.29, 1.82) is 0 Å². The van der Waals surface area contributed by atoms with E-state index in [1.165, 1.54) is 28.9 Å². The van der Waals surface area contributed by atoms with Crippen molar-refractivity contribution in [3.8, 4) is 0 Å². The molecule has 2 nitrogen and oxygen atoms in total. The van der Waals surface area contributed by atoms with Crippen molar-refractivity contribution >= 4 is 38.9 Å². The molecule has 0 aliphatic heterocycles. The molecule has 0 atom stereocenters. The van der Waals surface area contributed by atoms with Crippen molar-refractivity contribution in [1.82, 2.24) is 0 Å². The third-order valence-corrected chi connectivity index (χ3v) is 4.61. The molecule has 0 aliphatic rings. The summed E-state index contributed by atoms with van der Waals surface area (Å²) < 4.78 is 23.8. The summed E-state index contributed by atoms with van der Waals surface area (Å²) in [4.78, 5) is 1.15. The topological polar surface area (TPSA) is 34.1 Å². The van der Waals surface area contributed by atoms with Gasteiger partial charge in [0.05, 0.1) is 4.90 Å². The molecule has 1 aromatic carbocycles. The van der Waals surface area contributed by atoms with Gasteiger partial charge in [0.2, 0.25) is 0 Å². The van der Waals surface area contributed by atoms with E-state index in [0.29, 0.717) is 5.02 Å². The second-order valence-corrected chi connectivity index (χ2v) is 6.57. The average molecular weight is 285 g/mol. The fraction of sp³-hybridized carbons (Fsp3) is 0. The molecule has 0 radical (unpaired) electrons. The molecule has 5 heteroatoms. The summed E-state index contributed by atoms with van der Waals surface area (Å²) in [6.45, 7) is 0. The highest BCUT2D eigenvalue weighted by atomic mass is 35.5. The molecule has 0 saturated heterocycles. The lowest BCUT2D eigenvalue weighted by molar-refractivity contribution is 0.605. The molecular weight excluding hydrogens is 276 g/mol. The maximum absolute atomic E-state index is 11.9. The molecule has 0 spiro atoms. The van der Waals surface area contributed by atoms with Crippen LogP contribution in [0.15, 0.2) is 52.1 Å². The number of thiophene rings is 1. The number of hydrogen-bond donors (Lipinski definition) is 0. The summed E-state index contributed by atoms with van der Waals surface area (Å²) in [6, 6.07) is 9.85. The lowest BCUT2D eigenvalue weighted by atomic mass is 10.4. The zero-order chi connectivity index (χ0) is 12.3. The van der Waals surface area contributed by atoms with Crippen LogP contribution in [0.4, 0.5) is 0 Å². The lowest BCUT2D eigenvalue weighted by Gasteiger charge is -1.98. The van der Waals surface area contributed by atoms with Gasteiger partial charge in [-0.15, -0.1) is 11.3 Å². The van der Waals surface area contributed by atoms with E-state index in [0.717, 1.165) is 4.88 Å². The van der Waals surface area contributed by atoms with Gasteiger partial charge < -0.3 is 0 Å². The van der Waals surface area contributed by atoms with Crippen LogP contribution in [0.2, 0.25) is 5.02 Å². The second kappa shape index (κ2) is 5.04. The Hall–Kier alpha value is -1.10. The van der Waals surface area contributed by atoms with E-state index >= 15 is 0 Å². The molecule has 0 N–H and O–H groups in total. The summed E-state index contributed by atoms with van der Waals surface area (Å²) in [6.07, 6.45) is 1.59. The minimum Gasteiger partial charge on any atom is -0.219 e. The summed E-state index contributed by atoms with van der Waals surface area (Å²) in [7, 11) is -3.39. The number of rotatable bonds is 3. The van der Waals surface area contributed by atoms with E-state index in [9.17, 15) is 8.42 Å². The standard InChI is InChI=1S/C12H9ClO2S2/c13-10-3-5-12(6-4-10)17(14,15)9-7-11-2-1-8-16-11/h1-9H. The largest absolute Gasteiger partial charge is 0.219 e. The van der Waals surface area contributed by atoms with Crippen LogP contribution in [0.3, 0.4) is 0 Å². The van der Waals surface area contributed by atoms with E-state index in [2.05, 4.69) is 0 Å². The van der Waals surface area contributed by atoms with Gasteiger partial charge in [0.1, 0.15) is 0 Å². The molecule has 0 aliphatic carbocycles. The monoisotopic (exact) mass is 284 g/mol. The molecule has 0 saturated carbocycles. The Morgan fingerprint density at radius 3 is 2.41 bits per heavy atom. The average Bonchev–Trinajstić information content (AvgIpc) is 2.80. The molecular formula is C12H9ClO2S2. The molecule has 0 unspecified atom stereocenters. The Labute approximate surface area is 109 Å². The van der Waals surface area contributed by atoms with Crippen molar-refractivity contribution in [2.45, 2.75) is 4.90 Å². The van der Waals surface area contributed by atoms with Gasteiger partial charge in [0.25, 0.3) is 0 Å². The Kier molecular flexibility index (Phi) is 3.66. The molecule has 2 rings (SSSR count). The van der Waals surface area contributed by atoms with E-state index in [1.807, 2.05) is 17.5 Å². The van der Waals surface area contributed by atoms with Gasteiger partial charge in [-0.1, -0.05) is 17.7 Å². The zero-order valence-corrected chi connectivity index (χ0v) is 11.1. The van der Waals surface area contributed by atoms with Crippen LogP contribution in [-0.2, 0) is 9.84 Å². The van der Waals surface area contributed by atoms with Crippen LogP contribution in [-0.4, -0.2) is 8.42 Å². The van der Waals surface area contributed by atoms with Crippen molar-refractivity contribution in [3.63, 3.8) is 0 Å². The van der Waals surface area contributed by atoms with Crippen LogP contribution in [0.25, 0.3) is 6.08 Å². The Morgan fingerprint density at radius 1 is 1.12 bits per heavy atom. The minimum atomic E-state index is -3.39. The van der Waals surface area contributed by atoms with Crippen LogP contribution in [0.5, 0.6) is 0 Å². The zero-order valence-electron chi connectivity index (χ0n) is 8.71. The van der Waals surface area contributed by atoms with Crippen molar-refractivity contribution in [2.75, 3.05) is 0 Å². The smallest absolute Gasteiger partial charge is 0.199 e. The van der Waals surface area contributed by atoms with Crippen molar-refractivity contribution in [3.05, 3.63) is 57.1 Å². The first-order chi connectivity index (χ1) is 8.08. The Balaban J connectivity index is 2.28. The van der Waals surface area contributed by atoms with Gasteiger partial charge in [-0.2, -0.15) is 0 Å². The van der Waals surface area contributed by atoms with Gasteiger partial charge in [0, 0.05) is 15.3 Å². The maximum Gasteiger partial charge on any atom is 0.199 e. The summed E-state index contributed by atoms with van der Waals surface area (Å²) in [5.74, 6) is 0. The number of sulfone groups is 1. The van der Waals surface area contributed by atoms with Crippen LogP contribution in [0, 0.1) is 0 Å². The number of hydrogen-bond acceptors (Lipinski definition) is 3. The van der Waals surface area contributed by atoms with Crippen molar-refractivity contribution in [2.24, 2.45) is 0 Å².